The maximum atomic E-state index is 9.47. The van der Waals surface area contributed by atoms with Crippen LogP contribution in [0.3, 0.4) is 0 Å². The number of aromatic nitrogens is 3. The number of aliphatic hydroxyl groups excluding tert-OH is 1. The molecule has 3 rings (SSSR count). The minimum atomic E-state index is -0.125. The number of aryl methyl sites for hydroxylation is 1. The van der Waals surface area contributed by atoms with E-state index in [0.717, 1.165) is 31.3 Å². The molecular weight excluding hydrogens is 228 g/mol. The Hall–Kier alpha value is -1.62. The number of rotatable bonds is 2. The predicted octanol–water partition coefficient (Wildman–Crippen LogP) is 1.75. The minimum Gasteiger partial charge on any atom is -0.393 e. The molecule has 0 spiro atoms. The van der Waals surface area contributed by atoms with Gasteiger partial charge in [-0.15, -0.1) is 5.10 Å². The van der Waals surface area contributed by atoms with Crippen LogP contribution in [0.2, 0.25) is 0 Å². The van der Waals surface area contributed by atoms with Gasteiger partial charge < -0.3 is 10.4 Å². The molecule has 0 aliphatic heterocycles. The molecule has 2 heterocycles. The van der Waals surface area contributed by atoms with Gasteiger partial charge in [0.2, 0.25) is 5.95 Å². The van der Waals surface area contributed by atoms with Crippen molar-refractivity contribution in [1.82, 2.24) is 14.6 Å². The van der Waals surface area contributed by atoms with Crippen molar-refractivity contribution in [2.75, 3.05) is 5.32 Å². The number of hydrogen-bond donors (Lipinski definition) is 2. The van der Waals surface area contributed by atoms with Gasteiger partial charge in [-0.3, -0.25) is 0 Å². The number of fused-ring (bicyclic) bond motifs is 1. The Bertz CT molecular complexity index is 543. The molecule has 2 N–H and O–H groups in total. The first-order valence-electron chi connectivity index (χ1n) is 6.48. The molecule has 0 bridgehead atoms. The third-order valence-corrected chi connectivity index (χ3v) is 3.52. The second-order valence-corrected chi connectivity index (χ2v) is 5.09. The summed E-state index contributed by atoms with van der Waals surface area (Å²) in [6.45, 7) is 2.05. The molecule has 0 radical (unpaired) electrons. The highest BCUT2D eigenvalue weighted by atomic mass is 16.3. The third-order valence-electron chi connectivity index (χ3n) is 3.52. The van der Waals surface area contributed by atoms with Gasteiger partial charge in [-0.1, -0.05) is 0 Å². The summed E-state index contributed by atoms with van der Waals surface area (Å²) in [5.74, 6) is 0.682. The van der Waals surface area contributed by atoms with Gasteiger partial charge in [-0.05, 0) is 50.3 Å². The van der Waals surface area contributed by atoms with Crippen molar-refractivity contribution in [2.45, 2.75) is 44.8 Å². The van der Waals surface area contributed by atoms with E-state index in [1.807, 2.05) is 25.3 Å². The van der Waals surface area contributed by atoms with Gasteiger partial charge in [0, 0.05) is 12.2 Å². The molecule has 1 aliphatic rings. The van der Waals surface area contributed by atoms with Gasteiger partial charge in [0.15, 0.2) is 5.65 Å². The predicted molar refractivity (Wildman–Crippen MR) is 69.6 cm³/mol. The van der Waals surface area contributed by atoms with Crippen molar-refractivity contribution >= 4 is 11.6 Å². The van der Waals surface area contributed by atoms with Gasteiger partial charge in [0.05, 0.1) is 6.10 Å². The summed E-state index contributed by atoms with van der Waals surface area (Å²) in [5, 5.41) is 17.2. The first-order valence-corrected chi connectivity index (χ1v) is 6.48. The fraction of sp³-hybridized carbons (Fsp3) is 0.538. The van der Waals surface area contributed by atoms with Crippen molar-refractivity contribution in [3.8, 4) is 0 Å². The van der Waals surface area contributed by atoms with E-state index in [2.05, 4.69) is 15.4 Å². The smallest absolute Gasteiger partial charge is 0.243 e. The van der Waals surface area contributed by atoms with Crippen LogP contribution in [0.4, 0.5) is 5.95 Å². The molecule has 5 nitrogen and oxygen atoms in total. The molecule has 0 saturated heterocycles. The molecule has 0 unspecified atom stereocenters. The van der Waals surface area contributed by atoms with E-state index in [0.29, 0.717) is 12.0 Å². The van der Waals surface area contributed by atoms with E-state index >= 15 is 0 Å². The maximum Gasteiger partial charge on any atom is 0.243 e. The molecule has 1 aliphatic carbocycles. The van der Waals surface area contributed by atoms with Crippen LogP contribution in [0.5, 0.6) is 0 Å². The molecule has 1 fully saturated rings. The fourth-order valence-electron chi connectivity index (χ4n) is 2.45. The number of nitrogens with zero attached hydrogens (tertiary/aromatic N) is 3. The Kier molecular flexibility index (Phi) is 2.91. The summed E-state index contributed by atoms with van der Waals surface area (Å²) >= 11 is 0. The van der Waals surface area contributed by atoms with Gasteiger partial charge in [-0.25, -0.2) is 4.52 Å². The summed E-state index contributed by atoms with van der Waals surface area (Å²) in [6, 6.07) is 4.41. The highest BCUT2D eigenvalue weighted by Gasteiger charge is 2.20. The zero-order valence-corrected chi connectivity index (χ0v) is 10.5. The van der Waals surface area contributed by atoms with Crippen molar-refractivity contribution in [1.29, 1.82) is 0 Å². The Balaban J connectivity index is 1.74. The topological polar surface area (TPSA) is 62.5 Å². The molecule has 1 saturated carbocycles. The normalized spacial score (nSPS) is 24.3. The zero-order chi connectivity index (χ0) is 12.5. The van der Waals surface area contributed by atoms with E-state index in [1.165, 1.54) is 5.56 Å². The number of hydrogen-bond acceptors (Lipinski definition) is 4. The van der Waals surface area contributed by atoms with Crippen LogP contribution in [0.1, 0.15) is 31.2 Å². The third kappa shape index (κ3) is 2.31. The monoisotopic (exact) mass is 246 g/mol. The Morgan fingerprint density at radius 2 is 2.11 bits per heavy atom. The average molecular weight is 246 g/mol. The number of anilines is 1. The Morgan fingerprint density at radius 3 is 2.89 bits per heavy atom. The van der Waals surface area contributed by atoms with Crippen LogP contribution in [0, 0.1) is 6.92 Å². The van der Waals surface area contributed by atoms with Crippen LogP contribution in [-0.4, -0.2) is 31.9 Å². The lowest BCUT2D eigenvalue weighted by atomic mass is 9.93. The fourth-order valence-corrected chi connectivity index (χ4v) is 2.45. The first kappa shape index (κ1) is 11.5. The molecular formula is C13H18N4O. The summed E-state index contributed by atoms with van der Waals surface area (Å²) in [4.78, 5) is 4.46. The van der Waals surface area contributed by atoms with E-state index in [1.54, 1.807) is 4.52 Å². The Morgan fingerprint density at radius 1 is 1.33 bits per heavy atom. The van der Waals surface area contributed by atoms with Crippen molar-refractivity contribution in [3.63, 3.8) is 0 Å². The largest absolute Gasteiger partial charge is 0.393 e. The lowest BCUT2D eigenvalue weighted by molar-refractivity contribution is 0.126. The van der Waals surface area contributed by atoms with Gasteiger partial charge in [-0.2, -0.15) is 4.98 Å². The quantitative estimate of drug-likeness (QED) is 0.847. The van der Waals surface area contributed by atoms with Crippen molar-refractivity contribution in [2.24, 2.45) is 0 Å². The molecule has 5 heteroatoms. The van der Waals surface area contributed by atoms with Gasteiger partial charge in [0.1, 0.15) is 0 Å². The summed E-state index contributed by atoms with van der Waals surface area (Å²) < 4.78 is 1.78. The maximum absolute atomic E-state index is 9.47. The lowest BCUT2D eigenvalue weighted by Crippen LogP contribution is -2.28. The summed E-state index contributed by atoms with van der Waals surface area (Å²) in [7, 11) is 0. The van der Waals surface area contributed by atoms with Gasteiger partial charge >= 0.3 is 0 Å². The Labute approximate surface area is 106 Å². The standard InChI is InChI=1S/C13H18N4O/c1-9-6-7-17-12(8-9)15-13(16-17)14-10-2-4-11(18)5-3-10/h6-8,10-11,18H,2-5H2,1H3,(H,14,16). The first-order chi connectivity index (χ1) is 8.70. The summed E-state index contributed by atoms with van der Waals surface area (Å²) in [6.07, 6.45) is 5.49. The van der Waals surface area contributed by atoms with Crippen LogP contribution in [-0.2, 0) is 0 Å². The molecule has 0 aromatic carbocycles. The van der Waals surface area contributed by atoms with Crippen LogP contribution in [0.15, 0.2) is 18.3 Å². The van der Waals surface area contributed by atoms with Gasteiger partial charge in [0.25, 0.3) is 0 Å². The second-order valence-electron chi connectivity index (χ2n) is 5.09. The molecule has 18 heavy (non-hydrogen) atoms. The number of pyridine rings is 1. The van der Waals surface area contributed by atoms with E-state index in [-0.39, 0.29) is 6.10 Å². The number of nitrogens with one attached hydrogen (secondary N) is 1. The van der Waals surface area contributed by atoms with Crippen molar-refractivity contribution < 1.29 is 5.11 Å². The highest BCUT2D eigenvalue weighted by molar-refractivity contribution is 5.45. The highest BCUT2D eigenvalue weighted by Crippen LogP contribution is 2.21. The summed E-state index contributed by atoms with van der Waals surface area (Å²) in [5.41, 5.74) is 2.05. The van der Waals surface area contributed by atoms with E-state index in [9.17, 15) is 5.11 Å². The van der Waals surface area contributed by atoms with Crippen LogP contribution >= 0.6 is 0 Å². The second kappa shape index (κ2) is 4.57. The van der Waals surface area contributed by atoms with Crippen LogP contribution in [0.25, 0.3) is 5.65 Å². The van der Waals surface area contributed by atoms with E-state index in [4.69, 9.17) is 0 Å². The van der Waals surface area contributed by atoms with Crippen molar-refractivity contribution in [3.05, 3.63) is 23.9 Å². The SMILES string of the molecule is Cc1ccn2nc(NC3CCC(O)CC3)nc2c1. The average Bonchev–Trinajstić information content (AvgIpc) is 2.73. The van der Waals surface area contributed by atoms with E-state index < -0.39 is 0 Å². The van der Waals surface area contributed by atoms with Crippen LogP contribution < -0.4 is 5.32 Å². The molecule has 0 atom stereocenters. The molecule has 0 amide bonds. The minimum absolute atomic E-state index is 0.125. The molecule has 2 aromatic rings. The number of aliphatic hydroxyl groups is 1. The lowest BCUT2D eigenvalue weighted by Gasteiger charge is -2.25. The molecule has 2 aromatic heterocycles. The molecule has 96 valence electrons. The zero-order valence-electron chi connectivity index (χ0n) is 10.5.